The summed E-state index contributed by atoms with van der Waals surface area (Å²) in [5.74, 6) is 1.68. The molecule has 2 fully saturated rings. The molecule has 1 aromatic heterocycles. The summed E-state index contributed by atoms with van der Waals surface area (Å²) in [4.78, 5) is 19.3. The maximum atomic E-state index is 12.7. The molecule has 2 saturated heterocycles. The van der Waals surface area contributed by atoms with Gasteiger partial charge < -0.3 is 19.5 Å². The van der Waals surface area contributed by atoms with E-state index >= 15 is 0 Å². The van der Waals surface area contributed by atoms with Crippen molar-refractivity contribution in [2.45, 2.75) is 32.6 Å². The van der Waals surface area contributed by atoms with E-state index < -0.39 is 0 Å². The van der Waals surface area contributed by atoms with E-state index in [1.807, 2.05) is 35.2 Å². The van der Waals surface area contributed by atoms with E-state index in [0.29, 0.717) is 50.5 Å². The van der Waals surface area contributed by atoms with Crippen molar-refractivity contribution in [3.8, 4) is 11.4 Å². The second kappa shape index (κ2) is 7.91. The highest BCUT2D eigenvalue weighted by atomic mass is 16.5. The maximum absolute atomic E-state index is 12.7. The number of hydrogen-bond donors (Lipinski definition) is 1. The summed E-state index contributed by atoms with van der Waals surface area (Å²) in [6.45, 7) is 7.58. The van der Waals surface area contributed by atoms with E-state index in [-0.39, 0.29) is 17.4 Å². The third kappa shape index (κ3) is 3.76. The zero-order chi connectivity index (χ0) is 19.6. The number of carbonyl (C=O) groups is 1. The first kappa shape index (κ1) is 18.9. The number of urea groups is 1. The van der Waals surface area contributed by atoms with Crippen LogP contribution >= 0.6 is 0 Å². The van der Waals surface area contributed by atoms with Crippen LogP contribution in [0.2, 0.25) is 0 Å². The molecule has 3 heterocycles. The molecule has 0 aliphatic carbocycles. The predicted molar refractivity (Wildman–Crippen MR) is 105 cm³/mol. The lowest BCUT2D eigenvalue weighted by Crippen LogP contribution is -2.42. The van der Waals surface area contributed by atoms with Gasteiger partial charge in [-0.3, -0.25) is 0 Å². The molecule has 1 aromatic carbocycles. The Bertz CT molecular complexity index is 799. The normalized spacial score (nSPS) is 21.4. The second-order valence-electron chi connectivity index (χ2n) is 8.31. The van der Waals surface area contributed by atoms with Crippen molar-refractivity contribution >= 4 is 6.03 Å². The number of ether oxygens (including phenoxy) is 1. The van der Waals surface area contributed by atoms with Gasteiger partial charge in [0.05, 0.1) is 5.92 Å². The zero-order valence-corrected chi connectivity index (χ0v) is 16.6. The molecule has 0 unspecified atom stereocenters. The van der Waals surface area contributed by atoms with Gasteiger partial charge in [0.15, 0.2) is 0 Å². The third-order valence-electron chi connectivity index (χ3n) is 5.86. The molecule has 1 N–H and O–H groups in total. The van der Waals surface area contributed by atoms with Gasteiger partial charge in [-0.1, -0.05) is 49.3 Å². The largest absolute Gasteiger partial charge is 0.381 e. The standard InChI is InChI=1S/C21H28N4O3/c1-15(2)12-22-20(26)25-13-17(21(14-25)8-10-27-11-9-21)19-23-18(24-28-19)16-6-4-3-5-7-16/h3-7,15,17H,8-14H2,1-2H3,(H,22,26)/t17-/m1/s1. The fraction of sp³-hybridized carbons (Fsp3) is 0.571. The van der Waals surface area contributed by atoms with E-state index in [4.69, 9.17) is 14.2 Å². The second-order valence-corrected chi connectivity index (χ2v) is 8.31. The predicted octanol–water partition coefficient (Wildman–Crippen LogP) is 3.30. The molecule has 7 heteroatoms. The van der Waals surface area contributed by atoms with Crippen molar-refractivity contribution < 1.29 is 14.1 Å². The molecule has 4 rings (SSSR count). The molecule has 1 atom stereocenters. The minimum atomic E-state index is -0.0616. The van der Waals surface area contributed by atoms with Gasteiger partial charge in [0.25, 0.3) is 0 Å². The van der Waals surface area contributed by atoms with E-state index in [9.17, 15) is 4.79 Å². The number of carbonyl (C=O) groups excluding carboxylic acids is 1. The van der Waals surface area contributed by atoms with Crippen molar-refractivity contribution in [1.29, 1.82) is 0 Å². The van der Waals surface area contributed by atoms with Gasteiger partial charge in [0.2, 0.25) is 11.7 Å². The molecule has 150 valence electrons. The average molecular weight is 384 g/mol. The first-order chi connectivity index (χ1) is 13.6. The lowest BCUT2D eigenvalue weighted by atomic mass is 9.72. The first-order valence-electron chi connectivity index (χ1n) is 10.1. The summed E-state index contributed by atoms with van der Waals surface area (Å²) >= 11 is 0. The summed E-state index contributed by atoms with van der Waals surface area (Å²) in [5, 5.41) is 7.24. The monoisotopic (exact) mass is 384 g/mol. The van der Waals surface area contributed by atoms with Crippen LogP contribution < -0.4 is 5.32 Å². The number of likely N-dealkylation sites (tertiary alicyclic amines) is 1. The summed E-state index contributed by atoms with van der Waals surface area (Å²) in [7, 11) is 0. The Morgan fingerprint density at radius 2 is 2.04 bits per heavy atom. The minimum Gasteiger partial charge on any atom is -0.381 e. The molecule has 0 bridgehead atoms. The van der Waals surface area contributed by atoms with Crippen molar-refractivity contribution in [2.75, 3.05) is 32.8 Å². The van der Waals surface area contributed by atoms with Crippen LogP contribution in [0.4, 0.5) is 4.79 Å². The Labute approximate surface area is 165 Å². The summed E-state index contributed by atoms with van der Waals surface area (Å²) in [6, 6.07) is 9.82. The van der Waals surface area contributed by atoms with Crippen LogP contribution in [0.1, 0.15) is 38.5 Å². The molecule has 2 aromatic rings. The molecule has 7 nitrogen and oxygen atoms in total. The van der Waals surface area contributed by atoms with Crippen LogP contribution in [-0.2, 0) is 4.74 Å². The van der Waals surface area contributed by atoms with Crippen molar-refractivity contribution in [3.05, 3.63) is 36.2 Å². The highest BCUT2D eigenvalue weighted by Gasteiger charge is 2.51. The number of nitrogens with zero attached hydrogens (tertiary/aromatic N) is 3. The smallest absolute Gasteiger partial charge is 0.317 e. The quantitative estimate of drug-likeness (QED) is 0.875. The van der Waals surface area contributed by atoms with Gasteiger partial charge in [0.1, 0.15) is 0 Å². The van der Waals surface area contributed by atoms with Gasteiger partial charge in [-0.2, -0.15) is 4.98 Å². The summed E-state index contributed by atoms with van der Waals surface area (Å²) in [5.41, 5.74) is 0.872. The molecular weight excluding hydrogens is 356 g/mol. The lowest BCUT2D eigenvalue weighted by Gasteiger charge is -2.36. The fourth-order valence-corrected chi connectivity index (χ4v) is 4.23. The van der Waals surface area contributed by atoms with Gasteiger partial charge in [-0.25, -0.2) is 4.79 Å². The van der Waals surface area contributed by atoms with E-state index in [1.165, 1.54) is 0 Å². The number of amides is 2. The highest BCUT2D eigenvalue weighted by Crippen LogP contribution is 2.49. The number of hydrogen-bond acceptors (Lipinski definition) is 5. The topological polar surface area (TPSA) is 80.5 Å². The van der Waals surface area contributed by atoms with Crippen LogP contribution in [0.15, 0.2) is 34.9 Å². The molecule has 2 aliphatic rings. The Hall–Kier alpha value is -2.41. The van der Waals surface area contributed by atoms with Crippen molar-refractivity contribution in [2.24, 2.45) is 11.3 Å². The molecular formula is C21H28N4O3. The van der Waals surface area contributed by atoms with Gasteiger partial charge in [-0.05, 0) is 18.8 Å². The van der Waals surface area contributed by atoms with Crippen molar-refractivity contribution in [3.63, 3.8) is 0 Å². The Balaban J connectivity index is 1.57. The molecule has 28 heavy (non-hydrogen) atoms. The molecule has 2 amide bonds. The van der Waals surface area contributed by atoms with Gasteiger partial charge in [0, 0.05) is 43.8 Å². The van der Waals surface area contributed by atoms with Gasteiger partial charge in [-0.15, -0.1) is 0 Å². The Morgan fingerprint density at radius 1 is 1.29 bits per heavy atom. The molecule has 0 saturated carbocycles. The highest BCUT2D eigenvalue weighted by molar-refractivity contribution is 5.74. The summed E-state index contributed by atoms with van der Waals surface area (Å²) < 4.78 is 11.3. The Kier molecular flexibility index (Phi) is 5.35. The van der Waals surface area contributed by atoms with Crippen LogP contribution in [0.25, 0.3) is 11.4 Å². The number of aromatic nitrogens is 2. The van der Waals surface area contributed by atoms with E-state index in [1.54, 1.807) is 0 Å². The Morgan fingerprint density at radius 3 is 2.75 bits per heavy atom. The SMILES string of the molecule is CC(C)CNC(=O)N1C[C@H](c2nc(-c3ccccc3)no2)C2(CCOCC2)C1. The van der Waals surface area contributed by atoms with Crippen LogP contribution in [0.5, 0.6) is 0 Å². The zero-order valence-electron chi connectivity index (χ0n) is 16.6. The number of nitrogens with one attached hydrogen (secondary N) is 1. The summed E-state index contributed by atoms with van der Waals surface area (Å²) in [6.07, 6.45) is 1.79. The van der Waals surface area contributed by atoms with Crippen LogP contribution in [-0.4, -0.2) is 53.9 Å². The molecule has 0 radical (unpaired) electrons. The molecule has 1 spiro atoms. The minimum absolute atomic E-state index is 0.00938. The third-order valence-corrected chi connectivity index (χ3v) is 5.86. The van der Waals surface area contributed by atoms with Gasteiger partial charge >= 0.3 is 6.03 Å². The maximum Gasteiger partial charge on any atom is 0.317 e. The number of rotatable bonds is 4. The first-order valence-corrected chi connectivity index (χ1v) is 10.1. The van der Waals surface area contributed by atoms with Crippen molar-refractivity contribution in [1.82, 2.24) is 20.4 Å². The molecule has 2 aliphatic heterocycles. The average Bonchev–Trinajstić information content (AvgIpc) is 3.33. The fourth-order valence-electron chi connectivity index (χ4n) is 4.23. The van der Waals surface area contributed by atoms with Crippen LogP contribution in [0, 0.1) is 11.3 Å². The van der Waals surface area contributed by atoms with E-state index in [2.05, 4.69) is 24.3 Å². The van der Waals surface area contributed by atoms with Crippen LogP contribution in [0.3, 0.4) is 0 Å². The number of benzene rings is 1. The lowest BCUT2D eigenvalue weighted by molar-refractivity contribution is 0.00942. The van der Waals surface area contributed by atoms with E-state index in [0.717, 1.165) is 18.4 Å².